The predicted octanol–water partition coefficient (Wildman–Crippen LogP) is 4.19. The van der Waals surface area contributed by atoms with Gasteiger partial charge in [0, 0.05) is 11.1 Å². The second kappa shape index (κ2) is 8.87. The second-order valence-electron chi connectivity index (χ2n) is 7.06. The zero-order chi connectivity index (χ0) is 23.6. The van der Waals surface area contributed by atoms with Crippen LogP contribution < -0.4 is 9.62 Å². The summed E-state index contributed by atoms with van der Waals surface area (Å²) in [6, 6.07) is 17.3. The van der Waals surface area contributed by atoms with Crippen LogP contribution in [0.2, 0.25) is 0 Å². The second-order valence-corrected chi connectivity index (χ2v) is 8.74. The molecule has 0 atom stereocenters. The summed E-state index contributed by atoms with van der Waals surface area (Å²) in [5.74, 6) is -1.98. The molecule has 4 rings (SSSR count). The molecule has 3 aromatic carbocycles. The normalized spacial score (nSPS) is 14.8. The van der Waals surface area contributed by atoms with E-state index >= 15 is 0 Å². The summed E-state index contributed by atoms with van der Waals surface area (Å²) in [4.78, 5) is 27.1. The number of anilines is 2. The fourth-order valence-electron chi connectivity index (χ4n) is 3.41. The summed E-state index contributed by atoms with van der Waals surface area (Å²) >= 11 is 0. The summed E-state index contributed by atoms with van der Waals surface area (Å²) in [7, 11) is -4.20. The van der Waals surface area contributed by atoms with Gasteiger partial charge in [-0.05, 0) is 43.3 Å². The van der Waals surface area contributed by atoms with Crippen LogP contribution in [0.3, 0.4) is 0 Å². The first-order valence-corrected chi connectivity index (χ1v) is 11.5. The van der Waals surface area contributed by atoms with E-state index in [1.807, 2.05) is 0 Å². The SMILES string of the molecule is CCO/C=C1\C(=O)N(c2cccc(S(=O)(=O)Nc3ccccc3F)c2)C(=O)c2ccccc21. The van der Waals surface area contributed by atoms with Gasteiger partial charge in [0.2, 0.25) is 0 Å². The number of hydrogen-bond donors (Lipinski definition) is 1. The van der Waals surface area contributed by atoms with Crippen molar-refractivity contribution in [1.82, 2.24) is 0 Å². The lowest BCUT2D eigenvalue weighted by molar-refractivity contribution is -0.113. The molecule has 1 N–H and O–H groups in total. The number of fused-ring (bicyclic) bond motifs is 1. The van der Waals surface area contributed by atoms with Crippen LogP contribution in [-0.2, 0) is 19.6 Å². The Balaban J connectivity index is 1.76. The molecule has 0 bridgehead atoms. The van der Waals surface area contributed by atoms with Gasteiger partial charge in [-0.25, -0.2) is 17.7 Å². The number of hydrogen-bond acceptors (Lipinski definition) is 5. The lowest BCUT2D eigenvalue weighted by Gasteiger charge is -2.28. The molecular weight excluding hydrogens is 447 g/mol. The average molecular weight is 466 g/mol. The molecule has 0 fully saturated rings. The van der Waals surface area contributed by atoms with Gasteiger partial charge in [0.15, 0.2) is 0 Å². The number of rotatable bonds is 6. The first-order chi connectivity index (χ1) is 15.8. The molecule has 0 unspecified atom stereocenters. The van der Waals surface area contributed by atoms with E-state index in [0.29, 0.717) is 12.2 Å². The lowest BCUT2D eigenvalue weighted by Crippen LogP contribution is -2.42. The van der Waals surface area contributed by atoms with Crippen LogP contribution in [0.4, 0.5) is 15.8 Å². The van der Waals surface area contributed by atoms with Crippen molar-refractivity contribution in [2.45, 2.75) is 11.8 Å². The number of imide groups is 1. The molecule has 0 aliphatic carbocycles. The third-order valence-electron chi connectivity index (χ3n) is 4.96. The molecule has 0 saturated heterocycles. The van der Waals surface area contributed by atoms with Crippen LogP contribution in [0.15, 0.2) is 84.0 Å². The Hall–Kier alpha value is -3.98. The fourth-order valence-corrected chi connectivity index (χ4v) is 4.51. The Morgan fingerprint density at radius 3 is 2.36 bits per heavy atom. The number of para-hydroxylation sites is 1. The Labute approximate surface area is 190 Å². The van der Waals surface area contributed by atoms with E-state index in [0.717, 1.165) is 11.0 Å². The Morgan fingerprint density at radius 2 is 1.64 bits per heavy atom. The van der Waals surface area contributed by atoms with Crippen molar-refractivity contribution in [3.05, 3.63) is 96.0 Å². The van der Waals surface area contributed by atoms with Gasteiger partial charge in [0.05, 0.1) is 34.7 Å². The largest absolute Gasteiger partial charge is 0.501 e. The number of carbonyl (C=O) groups excluding carboxylic acids is 2. The van der Waals surface area contributed by atoms with Gasteiger partial charge in [-0.15, -0.1) is 0 Å². The van der Waals surface area contributed by atoms with Gasteiger partial charge >= 0.3 is 0 Å². The number of ether oxygens (including phenoxy) is 1. The number of sulfonamides is 1. The maximum atomic E-state index is 14.0. The van der Waals surface area contributed by atoms with E-state index in [2.05, 4.69) is 4.72 Å². The zero-order valence-corrected chi connectivity index (χ0v) is 18.3. The number of nitrogens with one attached hydrogen (secondary N) is 1. The van der Waals surface area contributed by atoms with Gasteiger partial charge in [0.1, 0.15) is 5.82 Å². The van der Waals surface area contributed by atoms with Crippen molar-refractivity contribution in [2.75, 3.05) is 16.2 Å². The molecular formula is C24H19FN2O5S. The smallest absolute Gasteiger partial charge is 0.269 e. The van der Waals surface area contributed by atoms with Gasteiger partial charge in [-0.3, -0.25) is 14.3 Å². The standard InChI is InChI=1S/C24H19FN2O5S/c1-2-32-15-20-18-10-3-4-11-19(18)23(28)27(24(20)29)16-8-7-9-17(14-16)33(30,31)26-22-13-6-5-12-21(22)25/h3-15,26H,2H2,1H3/b20-15-. The highest BCUT2D eigenvalue weighted by Gasteiger charge is 2.36. The van der Waals surface area contributed by atoms with Crippen molar-refractivity contribution in [3.8, 4) is 0 Å². The summed E-state index contributed by atoms with van der Waals surface area (Å²) in [5.41, 5.74) is 0.718. The topological polar surface area (TPSA) is 92.8 Å². The Bertz CT molecular complexity index is 1380. The summed E-state index contributed by atoms with van der Waals surface area (Å²) in [6.07, 6.45) is 1.29. The van der Waals surface area contributed by atoms with Crippen molar-refractivity contribution >= 4 is 38.8 Å². The van der Waals surface area contributed by atoms with Crippen molar-refractivity contribution in [1.29, 1.82) is 0 Å². The van der Waals surface area contributed by atoms with Gasteiger partial charge in [-0.1, -0.05) is 36.4 Å². The van der Waals surface area contributed by atoms with Crippen LogP contribution >= 0.6 is 0 Å². The number of carbonyl (C=O) groups is 2. The minimum Gasteiger partial charge on any atom is -0.501 e. The van der Waals surface area contributed by atoms with Crippen LogP contribution in [0.1, 0.15) is 22.8 Å². The zero-order valence-electron chi connectivity index (χ0n) is 17.5. The predicted molar refractivity (Wildman–Crippen MR) is 122 cm³/mol. The molecule has 33 heavy (non-hydrogen) atoms. The maximum Gasteiger partial charge on any atom is 0.269 e. The van der Waals surface area contributed by atoms with Crippen LogP contribution in [-0.4, -0.2) is 26.8 Å². The minimum absolute atomic E-state index is 0.0540. The Kier molecular flexibility index (Phi) is 5.97. The number of nitrogens with zero attached hydrogens (tertiary/aromatic N) is 1. The van der Waals surface area contributed by atoms with E-state index in [1.165, 1.54) is 48.7 Å². The maximum absolute atomic E-state index is 14.0. The quantitative estimate of drug-likeness (QED) is 0.334. The van der Waals surface area contributed by atoms with Crippen molar-refractivity contribution in [3.63, 3.8) is 0 Å². The van der Waals surface area contributed by atoms with E-state index in [4.69, 9.17) is 4.74 Å². The van der Waals surface area contributed by atoms with Gasteiger partial charge < -0.3 is 4.74 Å². The summed E-state index contributed by atoms with van der Waals surface area (Å²) < 4.78 is 47.2. The molecule has 0 radical (unpaired) electrons. The molecule has 0 spiro atoms. The first kappa shape index (κ1) is 22.2. The fraction of sp³-hybridized carbons (Fsp3) is 0.0833. The first-order valence-electron chi connectivity index (χ1n) is 10.0. The third kappa shape index (κ3) is 4.22. The molecule has 168 valence electrons. The highest BCUT2D eigenvalue weighted by atomic mass is 32.2. The molecule has 1 heterocycles. The number of benzene rings is 3. The van der Waals surface area contributed by atoms with Gasteiger partial charge in [-0.2, -0.15) is 0 Å². The lowest BCUT2D eigenvalue weighted by atomic mass is 9.94. The number of amides is 2. The highest BCUT2D eigenvalue weighted by molar-refractivity contribution is 7.92. The van der Waals surface area contributed by atoms with E-state index in [-0.39, 0.29) is 27.4 Å². The molecule has 1 aliphatic heterocycles. The molecule has 3 aromatic rings. The molecule has 0 aromatic heterocycles. The van der Waals surface area contributed by atoms with E-state index < -0.39 is 27.7 Å². The molecule has 9 heteroatoms. The van der Waals surface area contributed by atoms with E-state index in [9.17, 15) is 22.4 Å². The van der Waals surface area contributed by atoms with E-state index in [1.54, 1.807) is 31.2 Å². The molecule has 7 nitrogen and oxygen atoms in total. The molecule has 1 aliphatic rings. The monoisotopic (exact) mass is 466 g/mol. The number of halogens is 1. The molecule has 0 saturated carbocycles. The summed E-state index contributed by atoms with van der Waals surface area (Å²) in [6.45, 7) is 2.08. The van der Waals surface area contributed by atoms with Gasteiger partial charge in [0.25, 0.3) is 21.8 Å². The molecule has 2 amide bonds. The summed E-state index contributed by atoms with van der Waals surface area (Å²) in [5, 5.41) is 0. The van der Waals surface area contributed by atoms with Crippen molar-refractivity contribution in [2.24, 2.45) is 0 Å². The Morgan fingerprint density at radius 1 is 0.939 bits per heavy atom. The van der Waals surface area contributed by atoms with Crippen LogP contribution in [0.5, 0.6) is 0 Å². The minimum atomic E-state index is -4.20. The average Bonchev–Trinajstić information content (AvgIpc) is 2.81. The van der Waals surface area contributed by atoms with Crippen LogP contribution in [0.25, 0.3) is 5.57 Å². The van der Waals surface area contributed by atoms with Crippen molar-refractivity contribution < 1.29 is 27.1 Å². The highest BCUT2D eigenvalue weighted by Crippen LogP contribution is 2.33. The third-order valence-corrected chi connectivity index (χ3v) is 6.32. The van der Waals surface area contributed by atoms with Crippen LogP contribution in [0, 0.1) is 5.82 Å².